The van der Waals surface area contributed by atoms with Crippen LogP contribution in [0.2, 0.25) is 0 Å². The van der Waals surface area contributed by atoms with Crippen molar-refractivity contribution in [3.05, 3.63) is 59.7 Å². The summed E-state index contributed by atoms with van der Waals surface area (Å²) in [6.07, 6.45) is 0.711. The summed E-state index contributed by atoms with van der Waals surface area (Å²) in [5, 5.41) is 11.9. The highest BCUT2D eigenvalue weighted by Gasteiger charge is 2.80. The van der Waals surface area contributed by atoms with E-state index < -0.39 is 58.1 Å². The first-order valence-electron chi connectivity index (χ1n) is 13.3. The summed E-state index contributed by atoms with van der Waals surface area (Å²) in [5.41, 5.74) is -4.69. The van der Waals surface area contributed by atoms with Gasteiger partial charge in [0.15, 0.2) is 27.9 Å². The van der Waals surface area contributed by atoms with Crippen molar-refractivity contribution in [1.29, 1.82) is 0 Å². The lowest BCUT2D eigenvalue weighted by atomic mass is 9.44. The average Bonchev–Trinajstić information content (AvgIpc) is 3.27. The fourth-order valence-electron chi connectivity index (χ4n) is 8.48. The van der Waals surface area contributed by atoms with Gasteiger partial charge >= 0.3 is 0 Å². The Morgan fingerprint density at radius 1 is 1.16 bits per heavy atom. The molecule has 1 aromatic rings. The molecular weight excluding hydrogens is 510 g/mol. The molecule has 38 heavy (non-hydrogen) atoms. The van der Waals surface area contributed by atoms with Crippen molar-refractivity contribution in [2.75, 3.05) is 0 Å². The van der Waals surface area contributed by atoms with Gasteiger partial charge in [0.2, 0.25) is 0 Å². The Bertz CT molecular complexity index is 1250. The van der Waals surface area contributed by atoms with Crippen LogP contribution in [-0.2, 0) is 25.6 Å². The van der Waals surface area contributed by atoms with Crippen LogP contribution in [0.1, 0.15) is 52.5 Å². The molecular formula is C30H34F2O5S. The first kappa shape index (κ1) is 26.2. The number of hydrogen-bond donors (Lipinski definition) is 1. The Morgan fingerprint density at radius 2 is 1.87 bits per heavy atom. The van der Waals surface area contributed by atoms with Gasteiger partial charge in [-0.15, -0.1) is 0 Å². The summed E-state index contributed by atoms with van der Waals surface area (Å²) >= 11 is 5.91. The molecule has 0 unspecified atom stereocenters. The van der Waals surface area contributed by atoms with Crippen LogP contribution in [-0.4, -0.2) is 51.4 Å². The third kappa shape index (κ3) is 3.23. The minimum absolute atomic E-state index is 0.0249. The number of hydrogen-bond acceptors (Lipinski definition) is 6. The first-order chi connectivity index (χ1) is 17.8. The molecule has 204 valence electrons. The van der Waals surface area contributed by atoms with Gasteiger partial charge in [-0.1, -0.05) is 43.3 Å². The second kappa shape index (κ2) is 8.26. The van der Waals surface area contributed by atoms with Gasteiger partial charge in [0.1, 0.15) is 12.8 Å². The van der Waals surface area contributed by atoms with E-state index in [1.165, 1.54) is 18.2 Å². The van der Waals surface area contributed by atoms with Crippen LogP contribution in [0.25, 0.3) is 0 Å². The van der Waals surface area contributed by atoms with E-state index in [1.807, 2.05) is 51.1 Å². The number of fused-ring (bicyclic) bond motifs is 7. The molecule has 1 N–H and O–H groups in total. The maximum atomic E-state index is 17.5. The number of ether oxygens (including phenoxy) is 3. The molecule has 8 heteroatoms. The lowest BCUT2D eigenvalue weighted by Gasteiger charge is -2.63. The Labute approximate surface area is 227 Å². The van der Waals surface area contributed by atoms with Gasteiger partial charge in [0.05, 0.1) is 12.2 Å². The number of aliphatic hydroxyl groups is 1. The van der Waals surface area contributed by atoms with Crippen molar-refractivity contribution in [2.24, 2.45) is 22.7 Å². The molecule has 5 aliphatic rings. The van der Waals surface area contributed by atoms with Crippen LogP contribution >= 0.6 is 12.2 Å². The number of carbonyl (C=O) groups is 1. The molecule has 1 aliphatic heterocycles. The van der Waals surface area contributed by atoms with Gasteiger partial charge in [-0.25, -0.2) is 8.78 Å². The standard InChI is InChI=1S/C30H34F2O5S/c1-26(2)36-24-14-19-20-13-22(31)21-12-18(33)10-11-27(21,3)29(20,32)23(34)15-28(19,4)30(24,37-26)25(38)35-16-17-8-6-5-7-9-17/h5-12,19-20,22-24,34H,13-16H2,1-4H3/t19-,20-,22-,23-,24+,27-,28-,29-,30-/m0/s1. The van der Waals surface area contributed by atoms with Crippen molar-refractivity contribution in [3.8, 4) is 0 Å². The van der Waals surface area contributed by atoms with Gasteiger partial charge in [-0.2, -0.15) is 0 Å². The van der Waals surface area contributed by atoms with E-state index in [1.54, 1.807) is 6.92 Å². The molecule has 1 saturated heterocycles. The number of rotatable bonds is 3. The molecule has 4 fully saturated rings. The lowest BCUT2D eigenvalue weighted by Crippen LogP contribution is -2.70. The Hall–Kier alpha value is -2.00. The summed E-state index contributed by atoms with van der Waals surface area (Å²) < 4.78 is 52.4. The zero-order valence-electron chi connectivity index (χ0n) is 22.1. The van der Waals surface area contributed by atoms with Crippen LogP contribution in [0.3, 0.4) is 0 Å². The van der Waals surface area contributed by atoms with Crippen molar-refractivity contribution in [3.63, 3.8) is 0 Å². The Kier molecular flexibility index (Phi) is 5.70. The quantitative estimate of drug-likeness (QED) is 0.518. The van der Waals surface area contributed by atoms with Crippen LogP contribution in [0.5, 0.6) is 0 Å². The van der Waals surface area contributed by atoms with Gasteiger partial charge in [-0.05, 0) is 81.5 Å². The summed E-state index contributed by atoms with van der Waals surface area (Å²) in [7, 11) is 0. The Balaban J connectivity index is 1.41. The van der Waals surface area contributed by atoms with Gasteiger partial charge < -0.3 is 19.3 Å². The molecule has 0 radical (unpaired) electrons. The van der Waals surface area contributed by atoms with Crippen molar-refractivity contribution < 1.29 is 32.9 Å². The minimum Gasteiger partial charge on any atom is -0.479 e. The van der Waals surface area contributed by atoms with E-state index in [0.717, 1.165) is 5.56 Å². The van der Waals surface area contributed by atoms with Crippen LogP contribution in [0, 0.1) is 22.7 Å². The molecule has 1 heterocycles. The number of benzene rings is 1. The molecule has 3 saturated carbocycles. The minimum atomic E-state index is -2.18. The first-order valence-corrected chi connectivity index (χ1v) is 13.7. The number of halogens is 2. The maximum Gasteiger partial charge on any atom is 0.195 e. The second-order valence-corrected chi connectivity index (χ2v) is 12.9. The largest absolute Gasteiger partial charge is 0.479 e. The van der Waals surface area contributed by atoms with Crippen LogP contribution in [0.15, 0.2) is 54.1 Å². The fourth-order valence-corrected chi connectivity index (χ4v) is 8.95. The fraction of sp³-hybridized carbons (Fsp3) is 0.600. The van der Waals surface area contributed by atoms with E-state index in [9.17, 15) is 9.90 Å². The maximum absolute atomic E-state index is 17.5. The topological polar surface area (TPSA) is 65.0 Å². The van der Waals surface area contributed by atoms with Gasteiger partial charge in [0, 0.05) is 16.7 Å². The van der Waals surface area contributed by atoms with E-state index in [4.69, 9.17) is 26.4 Å². The molecule has 1 aromatic carbocycles. The summed E-state index contributed by atoms with van der Waals surface area (Å²) in [4.78, 5) is 12.1. The molecule has 4 aliphatic carbocycles. The molecule has 0 spiro atoms. The molecule has 0 bridgehead atoms. The van der Waals surface area contributed by atoms with E-state index in [0.29, 0.717) is 6.42 Å². The van der Waals surface area contributed by atoms with E-state index in [-0.39, 0.29) is 35.9 Å². The zero-order chi connectivity index (χ0) is 27.3. The second-order valence-electron chi connectivity index (χ2n) is 12.5. The number of allylic oxidation sites excluding steroid dienone is 4. The molecule has 0 aromatic heterocycles. The number of thiocarbonyl (C=S) groups is 1. The summed E-state index contributed by atoms with van der Waals surface area (Å²) in [6.45, 7) is 7.40. The predicted octanol–water partition coefficient (Wildman–Crippen LogP) is 5.35. The number of carbonyl (C=O) groups excluding carboxylic acids is 1. The smallest absolute Gasteiger partial charge is 0.195 e. The van der Waals surface area contributed by atoms with Crippen LogP contribution < -0.4 is 0 Å². The highest BCUT2D eigenvalue weighted by molar-refractivity contribution is 7.80. The molecule has 6 rings (SSSR count). The predicted molar refractivity (Wildman–Crippen MR) is 141 cm³/mol. The number of alkyl halides is 2. The third-order valence-corrected chi connectivity index (χ3v) is 10.6. The normalized spacial score (nSPS) is 46.4. The molecule has 5 nitrogen and oxygen atoms in total. The van der Waals surface area contributed by atoms with Crippen molar-refractivity contribution in [2.45, 2.75) is 89.0 Å². The van der Waals surface area contributed by atoms with Crippen LogP contribution in [0.4, 0.5) is 8.78 Å². The summed E-state index contributed by atoms with van der Waals surface area (Å²) in [5.74, 6) is -2.59. The zero-order valence-corrected chi connectivity index (χ0v) is 22.9. The van der Waals surface area contributed by atoms with Crippen molar-refractivity contribution >= 4 is 23.1 Å². The summed E-state index contributed by atoms with van der Waals surface area (Å²) in [6, 6.07) is 9.63. The molecule has 0 amide bonds. The number of aliphatic hydroxyl groups excluding tert-OH is 1. The monoisotopic (exact) mass is 544 g/mol. The van der Waals surface area contributed by atoms with Crippen molar-refractivity contribution in [1.82, 2.24) is 0 Å². The third-order valence-electron chi connectivity index (χ3n) is 10.1. The van der Waals surface area contributed by atoms with E-state index >= 15 is 8.78 Å². The molecule has 9 atom stereocenters. The lowest BCUT2D eigenvalue weighted by molar-refractivity contribution is -0.241. The van der Waals surface area contributed by atoms with Gasteiger partial charge in [-0.3, -0.25) is 4.79 Å². The highest BCUT2D eigenvalue weighted by atomic mass is 32.1. The Morgan fingerprint density at radius 3 is 2.58 bits per heavy atom. The van der Waals surface area contributed by atoms with E-state index in [2.05, 4.69) is 0 Å². The SMILES string of the molecule is CC1(C)O[C@@H]2C[C@H]3[C@@H]4C[C@H](F)C5=CC(=O)C=C[C@]5(C)[C@@]4(F)[C@@H](O)C[C@]3(C)[C@]2(C(=S)OCc2ccccc2)O1. The number of ketones is 1. The highest BCUT2D eigenvalue weighted by Crippen LogP contribution is 2.72. The van der Waals surface area contributed by atoms with Gasteiger partial charge in [0.25, 0.3) is 0 Å². The average molecular weight is 545 g/mol.